The second-order valence-corrected chi connectivity index (χ2v) is 6.21. The molecular weight excluding hydrogens is 292 g/mol. The first kappa shape index (κ1) is 15.5. The van der Waals surface area contributed by atoms with Crippen LogP contribution in [-0.4, -0.2) is 47.9 Å². The molecular formula is C15H20O7. The largest absolute Gasteiger partial charge is 0.459 e. The number of fused-ring (bicyclic) bond motifs is 3. The van der Waals surface area contributed by atoms with Crippen LogP contribution < -0.4 is 0 Å². The summed E-state index contributed by atoms with van der Waals surface area (Å²) >= 11 is 0. The Hall–Kier alpha value is -1.44. The van der Waals surface area contributed by atoms with Crippen molar-refractivity contribution in [2.45, 2.75) is 70.1 Å². The number of ether oxygens (including phenoxy) is 5. The van der Waals surface area contributed by atoms with Crippen LogP contribution in [0, 0.1) is 0 Å². The summed E-state index contributed by atoms with van der Waals surface area (Å²) < 4.78 is 28.4. The molecule has 0 bridgehead atoms. The predicted molar refractivity (Wildman–Crippen MR) is 72.5 cm³/mol. The maximum absolute atomic E-state index is 11.6. The van der Waals surface area contributed by atoms with Crippen molar-refractivity contribution < 1.29 is 33.3 Å². The van der Waals surface area contributed by atoms with Crippen molar-refractivity contribution in [2.24, 2.45) is 0 Å². The molecule has 5 atom stereocenters. The topological polar surface area (TPSA) is 80.3 Å². The first-order chi connectivity index (χ1) is 10.2. The van der Waals surface area contributed by atoms with Gasteiger partial charge in [0.2, 0.25) is 0 Å². The number of rotatable bonds is 2. The van der Waals surface area contributed by atoms with Gasteiger partial charge in [-0.15, -0.1) is 0 Å². The summed E-state index contributed by atoms with van der Waals surface area (Å²) in [5, 5.41) is 0. The zero-order valence-corrected chi connectivity index (χ0v) is 13.0. The Labute approximate surface area is 128 Å². The Morgan fingerprint density at radius 2 is 1.86 bits per heavy atom. The van der Waals surface area contributed by atoms with Crippen molar-refractivity contribution >= 4 is 11.9 Å². The molecule has 7 heteroatoms. The van der Waals surface area contributed by atoms with Gasteiger partial charge < -0.3 is 23.7 Å². The lowest BCUT2D eigenvalue weighted by molar-refractivity contribution is -0.243. The zero-order chi connectivity index (χ0) is 16.1. The molecule has 0 saturated carbocycles. The summed E-state index contributed by atoms with van der Waals surface area (Å²) in [4.78, 5) is 22.9. The Morgan fingerprint density at radius 3 is 2.50 bits per heavy atom. The monoisotopic (exact) mass is 312 g/mol. The predicted octanol–water partition coefficient (Wildman–Crippen LogP) is 1.06. The number of esters is 2. The molecule has 0 radical (unpaired) electrons. The summed E-state index contributed by atoms with van der Waals surface area (Å²) in [5.41, 5.74) is -1.15. The van der Waals surface area contributed by atoms with Gasteiger partial charge in [0.25, 0.3) is 0 Å². The van der Waals surface area contributed by atoms with Gasteiger partial charge in [-0.3, -0.25) is 9.59 Å². The van der Waals surface area contributed by atoms with E-state index >= 15 is 0 Å². The van der Waals surface area contributed by atoms with E-state index in [4.69, 9.17) is 23.7 Å². The van der Waals surface area contributed by atoms with Gasteiger partial charge in [-0.05, 0) is 19.9 Å². The lowest BCUT2D eigenvalue weighted by atomic mass is 9.83. The zero-order valence-electron chi connectivity index (χ0n) is 13.0. The van der Waals surface area contributed by atoms with Crippen LogP contribution in [0.4, 0.5) is 0 Å². The number of carbonyl (C=O) groups excluding carboxylic acids is 2. The standard InChI is InChI=1S/C15H20O7/c1-8(16)18-10-6-5-7-15(20-9(2)17)11(10)19-13-12(15)21-14(3,4)22-13/h5,7,10-13H,6H2,1-4H3/t10-,11-,12+,13-,15-/m1/s1. The first-order valence-corrected chi connectivity index (χ1v) is 7.29. The van der Waals surface area contributed by atoms with Crippen LogP contribution >= 0.6 is 0 Å². The van der Waals surface area contributed by atoms with Crippen LogP contribution in [0.2, 0.25) is 0 Å². The quantitative estimate of drug-likeness (QED) is 0.557. The van der Waals surface area contributed by atoms with Crippen LogP contribution in [0.15, 0.2) is 12.2 Å². The Balaban J connectivity index is 1.96. The van der Waals surface area contributed by atoms with Crippen molar-refractivity contribution in [1.82, 2.24) is 0 Å². The van der Waals surface area contributed by atoms with E-state index in [1.165, 1.54) is 13.8 Å². The maximum atomic E-state index is 11.6. The second kappa shape index (κ2) is 5.04. The maximum Gasteiger partial charge on any atom is 0.303 e. The van der Waals surface area contributed by atoms with Crippen LogP contribution in [0.3, 0.4) is 0 Å². The molecule has 0 aromatic rings. The van der Waals surface area contributed by atoms with Crippen molar-refractivity contribution in [1.29, 1.82) is 0 Å². The summed E-state index contributed by atoms with van der Waals surface area (Å²) in [7, 11) is 0. The van der Waals surface area contributed by atoms with Gasteiger partial charge >= 0.3 is 11.9 Å². The summed E-state index contributed by atoms with van der Waals surface area (Å²) in [6, 6.07) is 0. The lowest BCUT2D eigenvalue weighted by Crippen LogP contribution is -2.56. The van der Waals surface area contributed by atoms with Gasteiger partial charge in [-0.1, -0.05) is 6.08 Å². The Kier molecular flexibility index (Phi) is 3.54. The van der Waals surface area contributed by atoms with Gasteiger partial charge in [0.05, 0.1) is 0 Å². The normalized spacial score (nSPS) is 41.6. The molecule has 0 aromatic carbocycles. The van der Waals surface area contributed by atoms with Crippen molar-refractivity contribution in [2.75, 3.05) is 0 Å². The van der Waals surface area contributed by atoms with E-state index in [9.17, 15) is 9.59 Å². The average Bonchev–Trinajstić information content (AvgIpc) is 2.80. The summed E-state index contributed by atoms with van der Waals surface area (Å²) in [6.07, 6.45) is 1.56. The molecule has 22 heavy (non-hydrogen) atoms. The minimum Gasteiger partial charge on any atom is -0.459 e. The highest BCUT2D eigenvalue weighted by Gasteiger charge is 2.67. The van der Waals surface area contributed by atoms with E-state index in [-0.39, 0.29) is 0 Å². The molecule has 2 aliphatic heterocycles. The van der Waals surface area contributed by atoms with E-state index in [2.05, 4.69) is 0 Å². The summed E-state index contributed by atoms with van der Waals surface area (Å²) in [5.74, 6) is -1.72. The third-order valence-corrected chi connectivity index (χ3v) is 3.95. The highest BCUT2D eigenvalue weighted by molar-refractivity contribution is 5.68. The van der Waals surface area contributed by atoms with E-state index in [1.807, 2.05) is 6.08 Å². The molecule has 2 heterocycles. The third-order valence-electron chi connectivity index (χ3n) is 3.95. The molecule has 2 fully saturated rings. The summed E-state index contributed by atoms with van der Waals surface area (Å²) in [6.45, 7) is 6.18. The van der Waals surface area contributed by atoms with Crippen LogP contribution in [0.25, 0.3) is 0 Å². The van der Waals surface area contributed by atoms with Crippen LogP contribution in [-0.2, 0) is 33.3 Å². The van der Waals surface area contributed by atoms with Gasteiger partial charge in [0, 0.05) is 20.3 Å². The smallest absolute Gasteiger partial charge is 0.303 e. The molecule has 2 saturated heterocycles. The number of hydrogen-bond acceptors (Lipinski definition) is 7. The molecule has 3 aliphatic rings. The molecule has 3 rings (SSSR count). The van der Waals surface area contributed by atoms with E-state index in [1.54, 1.807) is 19.9 Å². The van der Waals surface area contributed by atoms with Crippen molar-refractivity contribution in [3.63, 3.8) is 0 Å². The highest BCUT2D eigenvalue weighted by Crippen LogP contribution is 2.49. The molecule has 0 N–H and O–H groups in total. The lowest BCUT2D eigenvalue weighted by Gasteiger charge is -2.40. The number of hydrogen-bond donors (Lipinski definition) is 0. The number of carbonyl (C=O) groups is 2. The molecule has 0 unspecified atom stereocenters. The molecule has 0 amide bonds. The van der Waals surface area contributed by atoms with Gasteiger partial charge in [-0.25, -0.2) is 0 Å². The second-order valence-electron chi connectivity index (χ2n) is 6.21. The molecule has 1 aliphatic carbocycles. The van der Waals surface area contributed by atoms with Gasteiger partial charge in [0.15, 0.2) is 23.8 Å². The molecule has 122 valence electrons. The average molecular weight is 312 g/mol. The van der Waals surface area contributed by atoms with Crippen LogP contribution in [0.5, 0.6) is 0 Å². The minimum atomic E-state index is -1.15. The van der Waals surface area contributed by atoms with Crippen molar-refractivity contribution in [3.05, 3.63) is 12.2 Å². The van der Waals surface area contributed by atoms with Gasteiger partial charge in [0.1, 0.15) is 12.2 Å². The molecule has 0 spiro atoms. The van der Waals surface area contributed by atoms with E-state index in [0.29, 0.717) is 6.42 Å². The highest BCUT2D eigenvalue weighted by atomic mass is 16.8. The Morgan fingerprint density at radius 1 is 1.14 bits per heavy atom. The SMILES string of the molecule is CC(=O)O[C@@H]1CC=C[C@@]2(OC(C)=O)[C@@H]1O[C@@H]1OC(C)(C)O[C@@H]12. The van der Waals surface area contributed by atoms with E-state index < -0.39 is 47.9 Å². The van der Waals surface area contributed by atoms with Crippen molar-refractivity contribution in [3.8, 4) is 0 Å². The fraction of sp³-hybridized carbons (Fsp3) is 0.733. The third kappa shape index (κ3) is 2.43. The molecule has 7 nitrogen and oxygen atoms in total. The fourth-order valence-electron chi connectivity index (χ4n) is 3.35. The van der Waals surface area contributed by atoms with Crippen LogP contribution in [0.1, 0.15) is 34.1 Å². The first-order valence-electron chi connectivity index (χ1n) is 7.29. The van der Waals surface area contributed by atoms with Gasteiger partial charge in [-0.2, -0.15) is 0 Å². The molecule has 0 aromatic heterocycles. The Bertz CT molecular complexity index is 526. The minimum absolute atomic E-state index is 0.417. The van der Waals surface area contributed by atoms with E-state index in [0.717, 1.165) is 0 Å². The fourth-order valence-corrected chi connectivity index (χ4v) is 3.35.